The van der Waals surface area contributed by atoms with Gasteiger partial charge < -0.3 is 10.3 Å². The first-order chi connectivity index (χ1) is 8.70. The summed E-state index contributed by atoms with van der Waals surface area (Å²) in [4.78, 5) is 10.6. The van der Waals surface area contributed by atoms with E-state index in [2.05, 4.69) is 0 Å². The molecular formula is C13H15N3O2. The van der Waals surface area contributed by atoms with Gasteiger partial charge in [0.05, 0.1) is 11.5 Å². The van der Waals surface area contributed by atoms with Gasteiger partial charge in [-0.25, -0.2) is 0 Å². The Morgan fingerprint density at radius 2 is 2.06 bits per heavy atom. The van der Waals surface area contributed by atoms with E-state index >= 15 is 0 Å². The largest absolute Gasteiger partial charge is 0.349 e. The molecule has 0 atom stereocenters. The molecule has 2 rings (SSSR count). The van der Waals surface area contributed by atoms with E-state index in [0.29, 0.717) is 18.7 Å². The van der Waals surface area contributed by atoms with Crippen molar-refractivity contribution in [2.45, 2.75) is 13.0 Å². The molecule has 0 aliphatic rings. The maximum atomic E-state index is 10.9. The summed E-state index contributed by atoms with van der Waals surface area (Å²) in [5, 5.41) is 10.9. The molecular weight excluding hydrogens is 230 g/mol. The zero-order valence-electron chi connectivity index (χ0n) is 9.95. The van der Waals surface area contributed by atoms with E-state index in [9.17, 15) is 10.1 Å². The minimum Gasteiger partial charge on any atom is -0.349 e. The first-order valence-corrected chi connectivity index (χ1v) is 5.77. The van der Waals surface area contributed by atoms with Crippen LogP contribution in [0.15, 0.2) is 42.7 Å². The average molecular weight is 245 g/mol. The maximum Gasteiger partial charge on any atom is 0.274 e. The number of benzene rings is 1. The van der Waals surface area contributed by atoms with Crippen LogP contribution in [0.4, 0.5) is 5.69 Å². The third-order valence-corrected chi connectivity index (χ3v) is 2.79. The summed E-state index contributed by atoms with van der Waals surface area (Å²) in [7, 11) is 0. The van der Waals surface area contributed by atoms with Gasteiger partial charge in [0.15, 0.2) is 0 Å². The van der Waals surface area contributed by atoms with Gasteiger partial charge in [-0.1, -0.05) is 18.2 Å². The molecule has 18 heavy (non-hydrogen) atoms. The van der Waals surface area contributed by atoms with Crippen molar-refractivity contribution in [3.8, 4) is 0 Å². The number of nitrogens with two attached hydrogens (primary N) is 1. The quantitative estimate of drug-likeness (QED) is 0.646. The summed E-state index contributed by atoms with van der Waals surface area (Å²) in [6.45, 7) is 1.11. The number of nitro benzene ring substituents is 1. The van der Waals surface area contributed by atoms with Crippen molar-refractivity contribution in [1.82, 2.24) is 4.57 Å². The highest BCUT2D eigenvalue weighted by molar-refractivity contribution is 5.40. The van der Waals surface area contributed by atoms with Crippen molar-refractivity contribution < 1.29 is 4.92 Å². The lowest BCUT2D eigenvalue weighted by molar-refractivity contribution is -0.385. The van der Waals surface area contributed by atoms with Gasteiger partial charge in [0, 0.05) is 24.0 Å². The smallest absolute Gasteiger partial charge is 0.274 e. The molecule has 5 heteroatoms. The SMILES string of the molecule is NCCc1ccn(Cc2ccccc2[N+](=O)[O-])c1. The standard InChI is InChI=1S/C13H15N3O2/c14-7-5-11-6-8-15(9-11)10-12-3-1-2-4-13(12)16(17)18/h1-4,6,8-9H,5,7,10,14H2. The molecule has 0 fully saturated rings. The van der Waals surface area contributed by atoms with Gasteiger partial charge in [-0.2, -0.15) is 0 Å². The van der Waals surface area contributed by atoms with E-state index in [4.69, 9.17) is 5.73 Å². The molecule has 0 saturated heterocycles. The molecule has 0 unspecified atom stereocenters. The number of rotatable bonds is 5. The van der Waals surface area contributed by atoms with E-state index in [1.165, 1.54) is 6.07 Å². The molecule has 1 aromatic carbocycles. The van der Waals surface area contributed by atoms with E-state index in [-0.39, 0.29) is 10.6 Å². The van der Waals surface area contributed by atoms with Crippen molar-refractivity contribution in [1.29, 1.82) is 0 Å². The molecule has 0 amide bonds. The third kappa shape index (κ3) is 2.75. The number of hydrogen-bond acceptors (Lipinski definition) is 3. The Balaban J connectivity index is 2.20. The fraction of sp³-hybridized carbons (Fsp3) is 0.231. The second kappa shape index (κ2) is 5.46. The van der Waals surface area contributed by atoms with Gasteiger partial charge in [-0.3, -0.25) is 10.1 Å². The van der Waals surface area contributed by atoms with Gasteiger partial charge in [0.1, 0.15) is 0 Å². The molecule has 2 N–H and O–H groups in total. The highest BCUT2D eigenvalue weighted by Gasteiger charge is 2.12. The molecule has 0 bridgehead atoms. The Morgan fingerprint density at radius 3 is 2.78 bits per heavy atom. The molecule has 2 aromatic rings. The summed E-state index contributed by atoms with van der Waals surface area (Å²) in [6.07, 6.45) is 4.72. The second-order valence-corrected chi connectivity index (χ2v) is 4.12. The highest BCUT2D eigenvalue weighted by Crippen LogP contribution is 2.19. The van der Waals surface area contributed by atoms with Crippen LogP contribution in [0.1, 0.15) is 11.1 Å². The number of nitro groups is 1. The summed E-state index contributed by atoms with van der Waals surface area (Å²) < 4.78 is 1.94. The minimum absolute atomic E-state index is 0.159. The summed E-state index contributed by atoms with van der Waals surface area (Å²) >= 11 is 0. The van der Waals surface area contributed by atoms with Crippen LogP contribution >= 0.6 is 0 Å². The normalized spacial score (nSPS) is 10.5. The Kier molecular flexibility index (Phi) is 3.74. The number of aromatic nitrogens is 1. The average Bonchev–Trinajstić information content (AvgIpc) is 2.77. The van der Waals surface area contributed by atoms with E-state index < -0.39 is 0 Å². The Bertz CT molecular complexity index is 549. The zero-order chi connectivity index (χ0) is 13.0. The fourth-order valence-electron chi connectivity index (χ4n) is 1.92. The third-order valence-electron chi connectivity index (χ3n) is 2.79. The first-order valence-electron chi connectivity index (χ1n) is 5.77. The summed E-state index contributed by atoms with van der Waals surface area (Å²) in [5.41, 5.74) is 7.50. The lowest BCUT2D eigenvalue weighted by Crippen LogP contribution is -2.03. The van der Waals surface area contributed by atoms with Crippen molar-refractivity contribution in [2.75, 3.05) is 6.54 Å². The van der Waals surface area contributed by atoms with Crippen molar-refractivity contribution in [2.24, 2.45) is 5.73 Å². The minimum atomic E-state index is -0.348. The van der Waals surface area contributed by atoms with Crippen LogP contribution in [0.5, 0.6) is 0 Å². The fourth-order valence-corrected chi connectivity index (χ4v) is 1.92. The van der Waals surface area contributed by atoms with E-state index in [1.54, 1.807) is 12.1 Å². The second-order valence-electron chi connectivity index (χ2n) is 4.12. The Morgan fingerprint density at radius 1 is 1.28 bits per heavy atom. The number of hydrogen-bond donors (Lipinski definition) is 1. The summed E-state index contributed by atoms with van der Waals surface area (Å²) in [5.74, 6) is 0. The lowest BCUT2D eigenvalue weighted by Gasteiger charge is -2.04. The molecule has 5 nitrogen and oxygen atoms in total. The van der Waals surface area contributed by atoms with Crippen molar-refractivity contribution in [3.63, 3.8) is 0 Å². The van der Waals surface area contributed by atoms with E-state index in [1.807, 2.05) is 29.1 Å². The zero-order valence-corrected chi connectivity index (χ0v) is 9.95. The van der Waals surface area contributed by atoms with E-state index in [0.717, 1.165) is 12.0 Å². The van der Waals surface area contributed by atoms with Gasteiger partial charge in [-0.05, 0) is 24.6 Å². The van der Waals surface area contributed by atoms with Gasteiger partial charge >= 0.3 is 0 Å². The molecule has 0 aliphatic heterocycles. The monoisotopic (exact) mass is 245 g/mol. The Labute approximate surface area is 105 Å². The van der Waals surface area contributed by atoms with Crippen LogP contribution < -0.4 is 5.73 Å². The molecule has 94 valence electrons. The van der Waals surface area contributed by atoms with Gasteiger partial charge in [0.2, 0.25) is 0 Å². The van der Waals surface area contributed by atoms with Gasteiger partial charge in [0.25, 0.3) is 5.69 Å². The highest BCUT2D eigenvalue weighted by atomic mass is 16.6. The predicted octanol–water partition coefficient (Wildman–Crippen LogP) is 1.95. The van der Waals surface area contributed by atoms with Crippen LogP contribution in [0.25, 0.3) is 0 Å². The molecule has 1 heterocycles. The number of para-hydroxylation sites is 1. The van der Waals surface area contributed by atoms with Crippen molar-refractivity contribution in [3.05, 3.63) is 64.0 Å². The molecule has 0 aliphatic carbocycles. The molecule has 0 spiro atoms. The van der Waals surface area contributed by atoms with Crippen LogP contribution in [-0.2, 0) is 13.0 Å². The first kappa shape index (κ1) is 12.3. The van der Waals surface area contributed by atoms with Crippen LogP contribution in [0.2, 0.25) is 0 Å². The molecule has 1 aromatic heterocycles. The van der Waals surface area contributed by atoms with Crippen LogP contribution in [0.3, 0.4) is 0 Å². The predicted molar refractivity (Wildman–Crippen MR) is 69.4 cm³/mol. The molecule has 0 saturated carbocycles. The van der Waals surface area contributed by atoms with Crippen molar-refractivity contribution >= 4 is 5.69 Å². The lowest BCUT2D eigenvalue weighted by atomic mass is 10.2. The maximum absolute atomic E-state index is 10.9. The summed E-state index contributed by atoms with van der Waals surface area (Å²) in [6, 6.07) is 8.78. The van der Waals surface area contributed by atoms with Gasteiger partial charge in [-0.15, -0.1) is 0 Å². The number of nitrogens with zero attached hydrogens (tertiary/aromatic N) is 2. The molecule has 0 radical (unpaired) electrons. The Hall–Kier alpha value is -2.14. The van der Waals surface area contributed by atoms with Crippen LogP contribution in [-0.4, -0.2) is 16.0 Å². The topological polar surface area (TPSA) is 74.1 Å². The van der Waals surface area contributed by atoms with Crippen LogP contribution in [0, 0.1) is 10.1 Å².